The van der Waals surface area contributed by atoms with Gasteiger partial charge in [-0.1, -0.05) is 17.4 Å². The maximum Gasteiger partial charge on any atom is 0.229 e. The molecule has 6 heteroatoms. The molecule has 1 aliphatic rings. The molecular weight excluding hydrogens is 296 g/mol. The molecular formula is C16H14N4OS. The Hall–Kier alpha value is -2.47. The summed E-state index contributed by atoms with van der Waals surface area (Å²) >= 11 is 1.49. The van der Waals surface area contributed by atoms with Gasteiger partial charge in [-0.25, -0.2) is 9.97 Å². The Bertz CT molecular complexity index is 852. The Morgan fingerprint density at radius 1 is 1.23 bits per heavy atom. The summed E-state index contributed by atoms with van der Waals surface area (Å²) in [4.78, 5) is 20.4. The lowest BCUT2D eigenvalue weighted by Gasteiger charge is -2.01. The van der Waals surface area contributed by atoms with Crippen LogP contribution < -0.4 is 11.1 Å². The Balaban J connectivity index is 1.65. The Morgan fingerprint density at radius 2 is 2.05 bits per heavy atom. The number of fused-ring (bicyclic) bond motifs is 1. The molecule has 0 atom stereocenters. The van der Waals surface area contributed by atoms with Crippen LogP contribution in [-0.2, 0) is 4.79 Å². The fourth-order valence-electron chi connectivity index (χ4n) is 2.29. The van der Waals surface area contributed by atoms with E-state index in [4.69, 9.17) is 5.73 Å². The third kappa shape index (κ3) is 2.53. The first kappa shape index (κ1) is 13.2. The van der Waals surface area contributed by atoms with Gasteiger partial charge in [0, 0.05) is 17.7 Å². The topological polar surface area (TPSA) is 80.9 Å². The number of nitrogens with zero attached hydrogens (tertiary/aromatic N) is 2. The second-order valence-corrected chi connectivity index (χ2v) is 6.47. The van der Waals surface area contributed by atoms with Crippen LogP contribution in [0.4, 0.5) is 10.9 Å². The van der Waals surface area contributed by atoms with Gasteiger partial charge in [0.15, 0.2) is 5.13 Å². The van der Waals surface area contributed by atoms with E-state index in [1.807, 2.05) is 18.2 Å². The molecule has 0 unspecified atom stereocenters. The Morgan fingerprint density at radius 3 is 2.77 bits per heavy atom. The lowest BCUT2D eigenvalue weighted by molar-refractivity contribution is -0.117. The molecule has 1 aromatic carbocycles. The first-order valence-electron chi connectivity index (χ1n) is 7.12. The van der Waals surface area contributed by atoms with E-state index in [2.05, 4.69) is 21.4 Å². The normalized spacial score (nSPS) is 14.2. The lowest BCUT2D eigenvalue weighted by Crippen LogP contribution is -2.12. The van der Waals surface area contributed by atoms with Crippen LogP contribution in [0.15, 0.2) is 36.5 Å². The minimum Gasteiger partial charge on any atom is -0.384 e. The van der Waals surface area contributed by atoms with E-state index < -0.39 is 0 Å². The summed E-state index contributed by atoms with van der Waals surface area (Å²) in [5.41, 5.74) is 8.57. The smallest absolute Gasteiger partial charge is 0.229 e. The van der Waals surface area contributed by atoms with E-state index in [9.17, 15) is 4.79 Å². The minimum atomic E-state index is 0.0852. The molecule has 0 saturated heterocycles. The van der Waals surface area contributed by atoms with Crippen LogP contribution in [-0.4, -0.2) is 15.9 Å². The molecule has 1 aliphatic carbocycles. The number of anilines is 2. The van der Waals surface area contributed by atoms with Crippen LogP contribution in [0, 0.1) is 5.92 Å². The first-order chi connectivity index (χ1) is 10.7. The monoisotopic (exact) mass is 310 g/mol. The Kier molecular flexibility index (Phi) is 3.04. The van der Waals surface area contributed by atoms with Gasteiger partial charge in [-0.3, -0.25) is 4.79 Å². The second kappa shape index (κ2) is 5.06. The van der Waals surface area contributed by atoms with Crippen LogP contribution >= 0.6 is 11.3 Å². The summed E-state index contributed by atoms with van der Waals surface area (Å²) in [7, 11) is 0. The van der Waals surface area contributed by atoms with Crippen LogP contribution in [0.5, 0.6) is 0 Å². The van der Waals surface area contributed by atoms with Crippen LogP contribution in [0.3, 0.4) is 0 Å². The van der Waals surface area contributed by atoms with Crippen molar-refractivity contribution in [2.75, 3.05) is 11.1 Å². The van der Waals surface area contributed by atoms with Crippen molar-refractivity contribution >= 4 is 38.4 Å². The van der Waals surface area contributed by atoms with Crippen molar-refractivity contribution in [2.45, 2.75) is 12.8 Å². The molecule has 2 aromatic heterocycles. The maximum absolute atomic E-state index is 11.8. The van der Waals surface area contributed by atoms with Gasteiger partial charge in [0.25, 0.3) is 0 Å². The van der Waals surface area contributed by atoms with Gasteiger partial charge >= 0.3 is 0 Å². The fourth-order valence-corrected chi connectivity index (χ4v) is 3.19. The summed E-state index contributed by atoms with van der Waals surface area (Å²) in [6.07, 6.45) is 3.74. The quantitative estimate of drug-likeness (QED) is 0.778. The molecule has 0 spiro atoms. The highest BCUT2D eigenvalue weighted by Crippen LogP contribution is 2.33. The zero-order chi connectivity index (χ0) is 15.1. The van der Waals surface area contributed by atoms with Crippen molar-refractivity contribution in [1.82, 2.24) is 9.97 Å². The lowest BCUT2D eigenvalue weighted by atomic mass is 10.1. The highest BCUT2D eigenvalue weighted by Gasteiger charge is 2.30. The van der Waals surface area contributed by atoms with Crippen molar-refractivity contribution in [3.05, 3.63) is 36.5 Å². The first-order valence-corrected chi connectivity index (χ1v) is 7.94. The number of aromatic nitrogens is 2. The maximum atomic E-state index is 11.8. The van der Waals surface area contributed by atoms with E-state index in [0.717, 1.165) is 34.2 Å². The van der Waals surface area contributed by atoms with E-state index in [-0.39, 0.29) is 11.8 Å². The number of nitrogens with two attached hydrogens (primary N) is 1. The summed E-state index contributed by atoms with van der Waals surface area (Å²) in [5.74, 6) is 0.776. The number of carbonyl (C=O) groups excluding carboxylic acids is 1. The predicted molar refractivity (Wildman–Crippen MR) is 88.6 cm³/mol. The average Bonchev–Trinajstić information content (AvgIpc) is 3.28. The van der Waals surface area contributed by atoms with Crippen LogP contribution in [0.25, 0.3) is 21.3 Å². The number of thiazole rings is 1. The fraction of sp³-hybridized carbons (Fsp3) is 0.188. The van der Waals surface area contributed by atoms with E-state index >= 15 is 0 Å². The number of amides is 1. The van der Waals surface area contributed by atoms with Gasteiger partial charge in [-0.05, 0) is 42.7 Å². The van der Waals surface area contributed by atoms with E-state index in [1.54, 1.807) is 12.3 Å². The summed E-state index contributed by atoms with van der Waals surface area (Å²) in [5, 5.41) is 3.57. The molecule has 0 radical (unpaired) electrons. The number of nitrogens with one attached hydrogen (secondary N) is 1. The van der Waals surface area contributed by atoms with Crippen LogP contribution in [0.2, 0.25) is 0 Å². The van der Waals surface area contributed by atoms with E-state index in [1.165, 1.54) is 11.3 Å². The molecule has 3 N–H and O–H groups in total. The summed E-state index contributed by atoms with van der Waals surface area (Å²) < 4.78 is 1.04. The predicted octanol–water partition coefficient (Wildman–Crippen LogP) is 3.29. The molecule has 1 saturated carbocycles. The zero-order valence-electron chi connectivity index (χ0n) is 11.7. The van der Waals surface area contributed by atoms with Gasteiger partial charge in [0.1, 0.15) is 5.82 Å². The largest absolute Gasteiger partial charge is 0.384 e. The number of hydrogen-bond donors (Lipinski definition) is 2. The molecule has 0 bridgehead atoms. The average molecular weight is 310 g/mol. The summed E-state index contributed by atoms with van der Waals surface area (Å²) in [6, 6.07) is 9.76. The zero-order valence-corrected chi connectivity index (χ0v) is 12.6. The van der Waals surface area contributed by atoms with Crippen molar-refractivity contribution < 1.29 is 4.79 Å². The molecule has 110 valence electrons. The van der Waals surface area contributed by atoms with Crippen molar-refractivity contribution in [3.8, 4) is 11.1 Å². The number of nitrogen functional groups attached to an aromatic ring is 1. The molecule has 2 heterocycles. The molecule has 1 fully saturated rings. The van der Waals surface area contributed by atoms with E-state index in [0.29, 0.717) is 10.9 Å². The number of hydrogen-bond acceptors (Lipinski definition) is 5. The van der Waals surface area contributed by atoms with Crippen LogP contribution in [0.1, 0.15) is 12.8 Å². The molecule has 0 aliphatic heterocycles. The van der Waals surface area contributed by atoms with Crippen molar-refractivity contribution in [1.29, 1.82) is 0 Å². The second-order valence-electron chi connectivity index (χ2n) is 5.44. The molecule has 4 rings (SSSR count). The van der Waals surface area contributed by atoms with Gasteiger partial charge in [-0.15, -0.1) is 0 Å². The number of pyridine rings is 1. The van der Waals surface area contributed by atoms with Gasteiger partial charge in [0.2, 0.25) is 5.91 Å². The number of carbonyl (C=O) groups is 1. The molecule has 3 aromatic rings. The highest BCUT2D eigenvalue weighted by molar-refractivity contribution is 7.22. The molecule has 22 heavy (non-hydrogen) atoms. The van der Waals surface area contributed by atoms with Gasteiger partial charge in [-0.2, -0.15) is 0 Å². The van der Waals surface area contributed by atoms with Gasteiger partial charge in [0.05, 0.1) is 10.2 Å². The summed E-state index contributed by atoms with van der Waals surface area (Å²) in [6.45, 7) is 0. The van der Waals surface area contributed by atoms with Gasteiger partial charge < -0.3 is 11.1 Å². The molecule has 1 amide bonds. The third-order valence-corrected chi connectivity index (χ3v) is 4.62. The third-order valence-electron chi connectivity index (χ3n) is 3.69. The number of rotatable bonds is 3. The number of benzene rings is 1. The Labute approximate surface area is 131 Å². The van der Waals surface area contributed by atoms with Crippen molar-refractivity contribution in [3.63, 3.8) is 0 Å². The molecule has 5 nitrogen and oxygen atoms in total. The minimum absolute atomic E-state index is 0.0852. The standard InChI is InChI=1S/C16H14N4OS/c17-14-6-4-11(8-18-14)10-3-5-12-13(7-10)22-16(19-12)20-15(21)9-1-2-9/h3-9H,1-2H2,(H2,17,18)(H,19,20,21). The van der Waals surface area contributed by atoms with Crippen molar-refractivity contribution in [2.24, 2.45) is 5.92 Å². The highest BCUT2D eigenvalue weighted by atomic mass is 32.1. The SMILES string of the molecule is Nc1ccc(-c2ccc3nc(NC(=O)C4CC4)sc3c2)cn1.